The number of anilines is 1. The fourth-order valence-electron chi connectivity index (χ4n) is 2.15. The number of tetrazole rings is 1. The van der Waals surface area contributed by atoms with Crippen LogP contribution in [0, 0.1) is 5.82 Å². The number of halogens is 1. The zero-order valence-electron chi connectivity index (χ0n) is 12.0. The van der Waals surface area contributed by atoms with Crippen LogP contribution in [0.25, 0.3) is 28.6 Å². The molecule has 10 heteroatoms. The summed E-state index contributed by atoms with van der Waals surface area (Å²) in [5.41, 5.74) is 9.26. The van der Waals surface area contributed by atoms with Crippen molar-refractivity contribution in [2.24, 2.45) is 0 Å². The third-order valence-corrected chi connectivity index (χ3v) is 3.84. The SMILES string of the molecule is Nc1ncc(-c2cscn2)nc1-c1nnnn1-c1ccccc1F. The fourth-order valence-corrected chi connectivity index (χ4v) is 2.69. The average Bonchev–Trinajstić information content (AvgIpc) is 3.27. The van der Waals surface area contributed by atoms with E-state index in [1.165, 1.54) is 28.3 Å². The summed E-state index contributed by atoms with van der Waals surface area (Å²) in [4.78, 5) is 12.8. The van der Waals surface area contributed by atoms with Gasteiger partial charge in [0, 0.05) is 5.38 Å². The molecule has 0 unspecified atom stereocenters. The van der Waals surface area contributed by atoms with Crippen LogP contribution in [0.3, 0.4) is 0 Å². The molecule has 4 aromatic rings. The van der Waals surface area contributed by atoms with Gasteiger partial charge in [0.25, 0.3) is 0 Å². The normalized spacial score (nSPS) is 10.9. The van der Waals surface area contributed by atoms with Crippen LogP contribution in [0.15, 0.2) is 41.4 Å². The third-order valence-electron chi connectivity index (χ3n) is 3.26. The van der Waals surface area contributed by atoms with Crippen LogP contribution in [0.1, 0.15) is 0 Å². The van der Waals surface area contributed by atoms with E-state index in [0.717, 1.165) is 0 Å². The molecule has 1 aromatic carbocycles. The molecule has 0 saturated heterocycles. The van der Waals surface area contributed by atoms with Crippen LogP contribution in [-0.4, -0.2) is 35.2 Å². The molecule has 4 rings (SSSR count). The molecule has 0 amide bonds. The summed E-state index contributed by atoms with van der Waals surface area (Å²) in [6.07, 6.45) is 1.52. The molecule has 0 aliphatic heterocycles. The van der Waals surface area contributed by atoms with Crippen molar-refractivity contribution in [3.63, 3.8) is 0 Å². The van der Waals surface area contributed by atoms with Crippen LogP contribution in [0.4, 0.5) is 10.2 Å². The highest BCUT2D eigenvalue weighted by molar-refractivity contribution is 7.07. The Labute approximate surface area is 138 Å². The molecule has 0 spiro atoms. The number of hydrogen-bond acceptors (Lipinski definition) is 8. The molecule has 3 heterocycles. The molecule has 2 N–H and O–H groups in total. The Morgan fingerprint density at radius 3 is 2.79 bits per heavy atom. The molecular formula is C14H9FN8S. The molecule has 0 atom stereocenters. The van der Waals surface area contributed by atoms with Gasteiger partial charge in [-0.2, -0.15) is 4.68 Å². The zero-order valence-corrected chi connectivity index (χ0v) is 12.9. The van der Waals surface area contributed by atoms with E-state index in [0.29, 0.717) is 11.4 Å². The number of thiazole rings is 1. The molecule has 0 aliphatic carbocycles. The van der Waals surface area contributed by atoms with E-state index in [1.807, 2.05) is 5.38 Å². The highest BCUT2D eigenvalue weighted by atomic mass is 32.1. The summed E-state index contributed by atoms with van der Waals surface area (Å²) in [5, 5.41) is 13.2. The van der Waals surface area contributed by atoms with Crippen LogP contribution in [0.2, 0.25) is 0 Å². The number of nitrogen functional groups attached to an aromatic ring is 1. The number of para-hydroxylation sites is 1. The quantitative estimate of drug-likeness (QED) is 0.607. The second-order valence-electron chi connectivity index (χ2n) is 4.73. The molecule has 0 fully saturated rings. The third kappa shape index (κ3) is 2.38. The van der Waals surface area contributed by atoms with Crippen molar-refractivity contribution < 1.29 is 4.39 Å². The predicted molar refractivity (Wildman–Crippen MR) is 85.7 cm³/mol. The highest BCUT2D eigenvalue weighted by Crippen LogP contribution is 2.26. The number of benzene rings is 1. The lowest BCUT2D eigenvalue weighted by Gasteiger charge is -2.07. The maximum absolute atomic E-state index is 14.1. The topological polar surface area (TPSA) is 108 Å². The summed E-state index contributed by atoms with van der Waals surface area (Å²) < 4.78 is 15.3. The highest BCUT2D eigenvalue weighted by Gasteiger charge is 2.19. The number of hydrogen-bond donors (Lipinski definition) is 1. The van der Waals surface area contributed by atoms with Gasteiger partial charge >= 0.3 is 0 Å². The first-order valence-electron chi connectivity index (χ1n) is 6.79. The average molecular weight is 340 g/mol. The van der Waals surface area contributed by atoms with E-state index >= 15 is 0 Å². The second kappa shape index (κ2) is 5.74. The summed E-state index contributed by atoms with van der Waals surface area (Å²) in [7, 11) is 0. The van der Waals surface area contributed by atoms with E-state index in [9.17, 15) is 4.39 Å². The van der Waals surface area contributed by atoms with E-state index in [1.54, 1.807) is 23.7 Å². The lowest BCUT2D eigenvalue weighted by atomic mass is 10.3. The van der Waals surface area contributed by atoms with Crippen molar-refractivity contribution in [2.75, 3.05) is 5.73 Å². The Kier molecular flexibility index (Phi) is 3.43. The largest absolute Gasteiger partial charge is 0.382 e. The second-order valence-corrected chi connectivity index (χ2v) is 5.45. The van der Waals surface area contributed by atoms with Gasteiger partial charge in [-0.3, -0.25) is 0 Å². The minimum Gasteiger partial charge on any atom is -0.382 e. The molecule has 0 aliphatic rings. The van der Waals surface area contributed by atoms with E-state index in [2.05, 4.69) is 30.5 Å². The van der Waals surface area contributed by atoms with Crippen LogP contribution in [-0.2, 0) is 0 Å². The molecule has 3 aromatic heterocycles. The van der Waals surface area contributed by atoms with Crippen LogP contribution in [0.5, 0.6) is 0 Å². The van der Waals surface area contributed by atoms with Gasteiger partial charge in [-0.05, 0) is 22.6 Å². The molecule has 0 bridgehead atoms. The summed E-state index contributed by atoms with van der Waals surface area (Å²) in [5.74, 6) is -0.128. The molecule has 118 valence electrons. The van der Waals surface area contributed by atoms with E-state index in [4.69, 9.17) is 5.73 Å². The zero-order chi connectivity index (χ0) is 16.5. The first kappa shape index (κ1) is 14.3. The maximum Gasteiger partial charge on any atom is 0.209 e. The number of nitrogens with two attached hydrogens (primary N) is 1. The Hall–Kier alpha value is -3.27. The first-order chi connectivity index (χ1) is 11.7. The summed E-state index contributed by atoms with van der Waals surface area (Å²) in [6.45, 7) is 0. The maximum atomic E-state index is 14.1. The molecule has 8 nitrogen and oxygen atoms in total. The van der Waals surface area contributed by atoms with Crippen molar-refractivity contribution in [3.05, 3.63) is 47.2 Å². The number of rotatable bonds is 3. The smallest absolute Gasteiger partial charge is 0.209 e. The molecule has 0 radical (unpaired) electrons. The fraction of sp³-hybridized carbons (Fsp3) is 0. The van der Waals surface area contributed by atoms with Crippen LogP contribution < -0.4 is 5.73 Å². The van der Waals surface area contributed by atoms with E-state index in [-0.39, 0.29) is 23.0 Å². The Balaban J connectivity index is 1.88. The number of aromatic nitrogens is 7. The lowest BCUT2D eigenvalue weighted by Crippen LogP contribution is -2.06. The van der Waals surface area contributed by atoms with Gasteiger partial charge in [0.2, 0.25) is 5.82 Å². The summed E-state index contributed by atoms with van der Waals surface area (Å²) >= 11 is 1.44. The van der Waals surface area contributed by atoms with Gasteiger partial charge in [0.15, 0.2) is 11.5 Å². The summed E-state index contributed by atoms with van der Waals surface area (Å²) in [6, 6.07) is 6.15. The van der Waals surface area contributed by atoms with Gasteiger partial charge in [0.05, 0.1) is 11.7 Å². The van der Waals surface area contributed by atoms with Gasteiger partial charge in [-0.1, -0.05) is 12.1 Å². The first-order valence-corrected chi connectivity index (χ1v) is 7.73. The van der Waals surface area contributed by atoms with Gasteiger partial charge in [-0.25, -0.2) is 19.3 Å². The lowest BCUT2D eigenvalue weighted by molar-refractivity contribution is 0.607. The minimum absolute atomic E-state index is 0.140. The van der Waals surface area contributed by atoms with Crippen molar-refractivity contribution >= 4 is 17.2 Å². The van der Waals surface area contributed by atoms with Crippen LogP contribution >= 0.6 is 11.3 Å². The Morgan fingerprint density at radius 1 is 1.12 bits per heavy atom. The van der Waals surface area contributed by atoms with Crippen molar-refractivity contribution in [1.29, 1.82) is 0 Å². The molecule has 24 heavy (non-hydrogen) atoms. The van der Waals surface area contributed by atoms with Gasteiger partial charge in [-0.15, -0.1) is 16.4 Å². The van der Waals surface area contributed by atoms with Crippen molar-refractivity contribution in [2.45, 2.75) is 0 Å². The Bertz CT molecular complexity index is 998. The van der Waals surface area contributed by atoms with Gasteiger partial charge in [0.1, 0.15) is 22.9 Å². The Morgan fingerprint density at radius 2 is 2.00 bits per heavy atom. The van der Waals surface area contributed by atoms with Crippen molar-refractivity contribution in [3.8, 4) is 28.6 Å². The minimum atomic E-state index is -0.465. The van der Waals surface area contributed by atoms with Gasteiger partial charge < -0.3 is 5.73 Å². The van der Waals surface area contributed by atoms with E-state index < -0.39 is 5.82 Å². The van der Waals surface area contributed by atoms with Crippen molar-refractivity contribution in [1.82, 2.24) is 35.2 Å². The standard InChI is InChI=1S/C14H9FN8S/c15-8-3-1-2-4-11(8)23-14(20-21-22-23)12-13(16)17-5-9(19-12)10-6-24-7-18-10/h1-7H,(H2,16,17). The monoisotopic (exact) mass is 340 g/mol. The predicted octanol–water partition coefficient (Wildman–Crippen LogP) is 1.96. The molecule has 0 saturated carbocycles. The number of nitrogens with zero attached hydrogens (tertiary/aromatic N) is 7. The molecular weight excluding hydrogens is 331 g/mol.